The second kappa shape index (κ2) is 9.69. The minimum absolute atomic E-state index is 0.122. The van der Waals surface area contributed by atoms with Crippen LogP contribution in [0.1, 0.15) is 60.9 Å². The second-order valence-electron chi connectivity index (χ2n) is 8.53. The fourth-order valence-electron chi connectivity index (χ4n) is 4.73. The number of anilines is 1. The van der Waals surface area contributed by atoms with Gasteiger partial charge in [0, 0.05) is 24.3 Å². The van der Waals surface area contributed by atoms with Crippen LogP contribution in [0.15, 0.2) is 48.5 Å². The molecule has 5 nitrogen and oxygen atoms in total. The predicted octanol–water partition coefficient (Wildman–Crippen LogP) is 5.08. The molecule has 2 aromatic rings. The fourth-order valence-corrected chi connectivity index (χ4v) is 5.04. The van der Waals surface area contributed by atoms with Gasteiger partial charge in [0.05, 0.1) is 12.6 Å². The van der Waals surface area contributed by atoms with Crippen molar-refractivity contribution in [3.63, 3.8) is 0 Å². The van der Waals surface area contributed by atoms with E-state index in [-0.39, 0.29) is 11.4 Å². The minimum atomic E-state index is -0.152. The van der Waals surface area contributed by atoms with Crippen molar-refractivity contribution < 1.29 is 9.53 Å². The second-order valence-corrected chi connectivity index (χ2v) is 8.94. The van der Waals surface area contributed by atoms with Crippen LogP contribution in [0.3, 0.4) is 0 Å². The van der Waals surface area contributed by atoms with Crippen molar-refractivity contribution in [2.24, 2.45) is 0 Å². The molecule has 2 aliphatic rings. The predicted molar refractivity (Wildman–Crippen MR) is 129 cm³/mol. The number of piperidine rings is 1. The third kappa shape index (κ3) is 5.01. The van der Waals surface area contributed by atoms with Crippen LogP contribution in [-0.4, -0.2) is 36.1 Å². The number of amides is 1. The first kappa shape index (κ1) is 21.6. The normalized spacial score (nSPS) is 17.8. The highest BCUT2D eigenvalue weighted by atomic mass is 32.1. The van der Waals surface area contributed by atoms with E-state index in [1.807, 2.05) is 41.3 Å². The van der Waals surface area contributed by atoms with Gasteiger partial charge < -0.3 is 20.3 Å². The molecule has 0 atom stereocenters. The van der Waals surface area contributed by atoms with Gasteiger partial charge in [-0.1, -0.05) is 25.0 Å². The van der Waals surface area contributed by atoms with Gasteiger partial charge in [-0.15, -0.1) is 0 Å². The van der Waals surface area contributed by atoms with Crippen LogP contribution >= 0.6 is 12.2 Å². The molecule has 1 saturated carbocycles. The van der Waals surface area contributed by atoms with Gasteiger partial charge in [-0.05, 0) is 86.3 Å². The molecule has 2 fully saturated rings. The number of thiocarbonyl (C=S) groups is 1. The number of hydrogen-bond acceptors (Lipinski definition) is 3. The van der Waals surface area contributed by atoms with Crippen LogP contribution in [-0.2, 0) is 5.54 Å². The molecule has 0 bridgehead atoms. The van der Waals surface area contributed by atoms with Crippen LogP contribution < -0.4 is 15.4 Å². The first-order valence-electron chi connectivity index (χ1n) is 11.2. The van der Waals surface area contributed by atoms with Gasteiger partial charge in [-0.3, -0.25) is 4.79 Å². The molecule has 1 saturated heterocycles. The molecule has 0 spiro atoms. The Morgan fingerprint density at radius 1 is 0.935 bits per heavy atom. The Labute approximate surface area is 190 Å². The number of carbonyl (C=O) groups excluding carboxylic acids is 1. The maximum Gasteiger partial charge on any atom is 0.253 e. The van der Waals surface area contributed by atoms with Crippen molar-refractivity contribution >= 4 is 28.9 Å². The Balaban J connectivity index is 1.40. The molecule has 31 heavy (non-hydrogen) atoms. The van der Waals surface area contributed by atoms with Crippen LogP contribution in [0.4, 0.5) is 5.69 Å². The Morgan fingerprint density at radius 3 is 2.19 bits per heavy atom. The number of ether oxygens (including phenoxy) is 1. The lowest BCUT2D eigenvalue weighted by Gasteiger charge is -2.32. The average molecular weight is 438 g/mol. The van der Waals surface area contributed by atoms with E-state index in [0.29, 0.717) is 5.11 Å². The van der Waals surface area contributed by atoms with E-state index < -0.39 is 0 Å². The number of benzene rings is 2. The lowest BCUT2D eigenvalue weighted by Crippen LogP contribution is -2.45. The van der Waals surface area contributed by atoms with Gasteiger partial charge in [0.25, 0.3) is 5.91 Å². The van der Waals surface area contributed by atoms with Gasteiger partial charge >= 0.3 is 0 Å². The number of rotatable bonds is 5. The molecule has 4 rings (SSSR count). The summed E-state index contributed by atoms with van der Waals surface area (Å²) < 4.78 is 5.30. The molecule has 0 aromatic heterocycles. The highest BCUT2D eigenvalue weighted by molar-refractivity contribution is 7.80. The van der Waals surface area contributed by atoms with E-state index in [2.05, 4.69) is 22.8 Å². The maximum absolute atomic E-state index is 12.7. The summed E-state index contributed by atoms with van der Waals surface area (Å²) in [4.78, 5) is 14.6. The summed E-state index contributed by atoms with van der Waals surface area (Å²) in [5.74, 6) is 0.980. The third-order valence-electron chi connectivity index (χ3n) is 6.49. The Kier molecular flexibility index (Phi) is 6.76. The zero-order valence-corrected chi connectivity index (χ0v) is 19.0. The van der Waals surface area contributed by atoms with Crippen LogP contribution in [0, 0.1) is 0 Å². The summed E-state index contributed by atoms with van der Waals surface area (Å²) in [6.07, 6.45) is 7.86. The zero-order valence-electron chi connectivity index (χ0n) is 18.2. The molecule has 164 valence electrons. The molecule has 1 aliphatic carbocycles. The van der Waals surface area contributed by atoms with Gasteiger partial charge in [0.1, 0.15) is 5.75 Å². The van der Waals surface area contributed by atoms with Gasteiger partial charge in [-0.25, -0.2) is 0 Å². The smallest absolute Gasteiger partial charge is 0.253 e. The third-order valence-corrected chi connectivity index (χ3v) is 6.69. The standard InChI is InChI=1S/C25H31N3O2S/c1-30-22-13-9-20(10-14-22)25(15-3-4-16-25)27-24(31)26-21-11-7-19(8-12-21)23(29)28-17-5-2-6-18-28/h7-14H,2-6,15-18H2,1H3,(H2,26,27,31). The lowest BCUT2D eigenvalue weighted by molar-refractivity contribution is 0.0724. The number of nitrogens with zero attached hydrogens (tertiary/aromatic N) is 1. The van der Waals surface area contributed by atoms with Crippen molar-refractivity contribution in [2.75, 3.05) is 25.5 Å². The molecule has 0 unspecified atom stereocenters. The van der Waals surface area contributed by atoms with E-state index in [1.165, 1.54) is 24.8 Å². The van der Waals surface area contributed by atoms with Crippen LogP contribution in [0.2, 0.25) is 0 Å². The molecular weight excluding hydrogens is 406 g/mol. The van der Waals surface area contributed by atoms with Gasteiger partial charge in [0.2, 0.25) is 0 Å². The number of hydrogen-bond donors (Lipinski definition) is 2. The largest absolute Gasteiger partial charge is 0.497 e. The highest BCUT2D eigenvalue weighted by Crippen LogP contribution is 2.39. The number of methoxy groups -OCH3 is 1. The average Bonchev–Trinajstić information content (AvgIpc) is 3.29. The summed E-state index contributed by atoms with van der Waals surface area (Å²) in [6.45, 7) is 1.72. The van der Waals surface area contributed by atoms with Gasteiger partial charge in [-0.2, -0.15) is 0 Å². The molecule has 0 radical (unpaired) electrons. The summed E-state index contributed by atoms with van der Waals surface area (Å²) in [5.41, 5.74) is 2.70. The molecular formula is C25H31N3O2S. The molecule has 6 heteroatoms. The summed E-state index contributed by atoms with van der Waals surface area (Å²) in [5, 5.41) is 7.49. The van der Waals surface area contributed by atoms with Crippen molar-refractivity contribution in [1.29, 1.82) is 0 Å². The van der Waals surface area contributed by atoms with Crippen LogP contribution in [0.25, 0.3) is 0 Å². The summed E-state index contributed by atoms with van der Waals surface area (Å²) >= 11 is 5.66. The Morgan fingerprint density at radius 2 is 1.58 bits per heavy atom. The van der Waals surface area contributed by atoms with Crippen molar-refractivity contribution in [1.82, 2.24) is 10.2 Å². The topological polar surface area (TPSA) is 53.6 Å². The lowest BCUT2D eigenvalue weighted by atomic mass is 9.88. The molecule has 2 N–H and O–H groups in total. The minimum Gasteiger partial charge on any atom is -0.497 e. The molecule has 1 heterocycles. The first-order valence-corrected chi connectivity index (χ1v) is 11.6. The zero-order chi connectivity index (χ0) is 21.7. The number of nitrogens with one attached hydrogen (secondary N) is 2. The maximum atomic E-state index is 12.7. The molecule has 1 aliphatic heterocycles. The van der Waals surface area contributed by atoms with E-state index in [1.54, 1.807) is 7.11 Å². The summed E-state index contributed by atoms with van der Waals surface area (Å²) in [6, 6.07) is 15.9. The van der Waals surface area contributed by atoms with E-state index in [9.17, 15) is 4.79 Å². The van der Waals surface area contributed by atoms with Gasteiger partial charge in [0.15, 0.2) is 5.11 Å². The fraction of sp³-hybridized carbons (Fsp3) is 0.440. The van der Waals surface area contributed by atoms with Crippen molar-refractivity contribution in [2.45, 2.75) is 50.5 Å². The molecule has 2 aromatic carbocycles. The number of likely N-dealkylation sites (tertiary alicyclic amines) is 1. The van der Waals surface area contributed by atoms with E-state index >= 15 is 0 Å². The van der Waals surface area contributed by atoms with E-state index in [0.717, 1.165) is 55.8 Å². The van der Waals surface area contributed by atoms with Crippen LogP contribution in [0.5, 0.6) is 5.75 Å². The first-order chi connectivity index (χ1) is 15.1. The quantitative estimate of drug-likeness (QED) is 0.639. The molecule has 1 amide bonds. The number of carbonyl (C=O) groups is 1. The monoisotopic (exact) mass is 437 g/mol. The Bertz CT molecular complexity index is 899. The van der Waals surface area contributed by atoms with Crippen molar-refractivity contribution in [3.05, 3.63) is 59.7 Å². The highest BCUT2D eigenvalue weighted by Gasteiger charge is 2.36. The summed E-state index contributed by atoms with van der Waals surface area (Å²) in [7, 11) is 1.68. The SMILES string of the molecule is COc1ccc(C2(NC(=S)Nc3ccc(C(=O)N4CCCCC4)cc3)CCCC2)cc1. The van der Waals surface area contributed by atoms with E-state index in [4.69, 9.17) is 17.0 Å². The Hall–Kier alpha value is -2.60. The van der Waals surface area contributed by atoms with Crippen molar-refractivity contribution in [3.8, 4) is 5.75 Å².